The number of aromatic nitrogens is 2. The van der Waals surface area contributed by atoms with Gasteiger partial charge in [-0.2, -0.15) is 4.98 Å². The zero-order valence-corrected chi connectivity index (χ0v) is 34.0. The molecule has 296 valence electrons. The zero-order chi connectivity index (χ0) is 40.2. The van der Waals surface area contributed by atoms with Gasteiger partial charge in [0.1, 0.15) is 35.1 Å². The molecule has 1 saturated heterocycles. The second-order valence-corrected chi connectivity index (χ2v) is 18.4. The molecule has 0 radical (unpaired) electrons. The van der Waals surface area contributed by atoms with Crippen LogP contribution in [0.4, 0.5) is 16.4 Å². The van der Waals surface area contributed by atoms with E-state index in [2.05, 4.69) is 21.6 Å². The molecule has 3 aromatic rings. The maximum atomic E-state index is 15.2. The van der Waals surface area contributed by atoms with Crippen LogP contribution in [0.3, 0.4) is 0 Å². The number of methoxy groups -OCH3 is 1. The standard InChI is InChI=1S/C40H53N7O7S/c1-11-27-21-40(27,37(49)44-55(51,52)30-13-14-30)47(36(48)34(39(5,6)7)42-32-17-23(2)16-24(3)41-32)38(50)46-22-29(18-25(46)4)54-35-31-15-12-28(53-10)19-26(31)20-33(43-35)45(8)9/h11-12,15-17,19-20,25,27,29-30,34H,1,13-14,18,21-22H2,2-10H3,(H,41,42)(H,44,49)/t25?,27-,29-,34?,40-/m1/s1. The third-order valence-electron chi connectivity index (χ3n) is 10.7. The maximum Gasteiger partial charge on any atom is 0.328 e. The topological polar surface area (TPSA) is 163 Å². The van der Waals surface area contributed by atoms with Gasteiger partial charge in [-0.25, -0.2) is 23.1 Å². The van der Waals surface area contributed by atoms with Gasteiger partial charge in [0, 0.05) is 43.6 Å². The minimum atomic E-state index is -4.02. The van der Waals surface area contributed by atoms with Gasteiger partial charge in [0.15, 0.2) is 0 Å². The molecule has 1 aromatic carbocycles. The van der Waals surface area contributed by atoms with Crippen molar-refractivity contribution >= 4 is 50.3 Å². The maximum absolute atomic E-state index is 15.2. The van der Waals surface area contributed by atoms with Crippen LogP contribution in [-0.2, 0) is 19.6 Å². The summed E-state index contributed by atoms with van der Waals surface area (Å²) < 4.78 is 40.5. The molecular formula is C40H53N7O7S. The Hall–Kier alpha value is -4.92. The summed E-state index contributed by atoms with van der Waals surface area (Å²) >= 11 is 0. The molecule has 14 nitrogen and oxygen atoms in total. The van der Waals surface area contributed by atoms with E-state index in [1.165, 1.54) is 11.0 Å². The molecule has 2 aromatic heterocycles. The highest BCUT2D eigenvalue weighted by Gasteiger charge is 2.68. The van der Waals surface area contributed by atoms with Crippen LogP contribution in [0.15, 0.2) is 49.1 Å². The van der Waals surface area contributed by atoms with Gasteiger partial charge in [0.2, 0.25) is 15.9 Å². The number of carbonyl (C=O) groups excluding carboxylic acids is 3. The number of nitrogens with zero attached hydrogens (tertiary/aromatic N) is 5. The van der Waals surface area contributed by atoms with Crippen LogP contribution >= 0.6 is 0 Å². The number of amides is 4. The molecule has 0 spiro atoms. The number of hydrogen-bond acceptors (Lipinski definition) is 11. The molecule has 3 fully saturated rings. The molecule has 1 aliphatic heterocycles. The van der Waals surface area contributed by atoms with Crippen molar-refractivity contribution in [1.82, 2.24) is 24.5 Å². The van der Waals surface area contributed by atoms with Crippen LogP contribution in [0, 0.1) is 25.2 Å². The Morgan fingerprint density at radius 1 is 1.09 bits per heavy atom. The number of likely N-dealkylation sites (tertiary alicyclic amines) is 1. The third-order valence-corrected chi connectivity index (χ3v) is 12.5. The Balaban J connectivity index is 1.38. The number of imide groups is 1. The number of benzene rings is 1. The van der Waals surface area contributed by atoms with Crippen LogP contribution < -0.4 is 24.4 Å². The number of ether oxygens (including phenoxy) is 2. The summed E-state index contributed by atoms with van der Waals surface area (Å²) in [5.41, 5.74) is -0.956. The average molecular weight is 776 g/mol. The van der Waals surface area contributed by atoms with Crippen molar-refractivity contribution in [3.63, 3.8) is 0 Å². The molecule has 3 aliphatic rings. The van der Waals surface area contributed by atoms with Gasteiger partial charge in [-0.05, 0) is 92.8 Å². The Bertz CT molecular complexity index is 2110. The van der Waals surface area contributed by atoms with E-state index in [0.29, 0.717) is 42.5 Å². The molecule has 2 aliphatic carbocycles. The highest BCUT2D eigenvalue weighted by Crippen LogP contribution is 2.52. The first-order valence-corrected chi connectivity index (χ1v) is 20.2. The molecule has 55 heavy (non-hydrogen) atoms. The summed E-state index contributed by atoms with van der Waals surface area (Å²) in [6.07, 6.45) is 2.29. The van der Waals surface area contributed by atoms with Gasteiger partial charge in [0.05, 0.1) is 18.9 Å². The van der Waals surface area contributed by atoms with Crippen molar-refractivity contribution < 1.29 is 32.3 Å². The summed E-state index contributed by atoms with van der Waals surface area (Å²) in [6.45, 7) is 15.2. The molecule has 3 heterocycles. The van der Waals surface area contributed by atoms with Gasteiger partial charge in [0.25, 0.3) is 11.8 Å². The van der Waals surface area contributed by atoms with Gasteiger partial charge >= 0.3 is 6.03 Å². The molecule has 2 unspecified atom stereocenters. The van der Waals surface area contributed by atoms with Gasteiger partial charge in [-0.1, -0.05) is 26.8 Å². The number of pyridine rings is 2. The molecule has 0 bridgehead atoms. The van der Waals surface area contributed by atoms with Crippen LogP contribution in [0.2, 0.25) is 0 Å². The van der Waals surface area contributed by atoms with Crippen LogP contribution in [0.25, 0.3) is 10.8 Å². The number of fused-ring (bicyclic) bond motifs is 1. The number of rotatable bonds is 12. The van der Waals surface area contributed by atoms with Crippen molar-refractivity contribution in [3.8, 4) is 11.6 Å². The quantitative estimate of drug-likeness (QED) is 0.233. The molecule has 2 saturated carbocycles. The summed E-state index contributed by atoms with van der Waals surface area (Å²) in [5, 5.41) is 4.20. The lowest BCUT2D eigenvalue weighted by atomic mass is 9.85. The van der Waals surface area contributed by atoms with E-state index >= 15 is 9.59 Å². The fourth-order valence-electron chi connectivity index (χ4n) is 7.41. The fourth-order valence-corrected chi connectivity index (χ4v) is 8.77. The molecule has 4 amide bonds. The highest BCUT2D eigenvalue weighted by atomic mass is 32.2. The number of hydrogen-bond donors (Lipinski definition) is 2. The molecular weight excluding hydrogens is 723 g/mol. The van der Waals surface area contributed by atoms with Gasteiger partial charge in [-0.3, -0.25) is 14.3 Å². The monoisotopic (exact) mass is 775 g/mol. The van der Waals surface area contributed by atoms with E-state index < -0.39 is 68.2 Å². The lowest BCUT2D eigenvalue weighted by molar-refractivity contribution is -0.141. The predicted octanol–water partition coefficient (Wildman–Crippen LogP) is 5.19. The number of aryl methyl sites for hydroxylation is 2. The van der Waals surface area contributed by atoms with E-state index in [4.69, 9.17) is 14.5 Å². The van der Waals surface area contributed by atoms with Crippen molar-refractivity contribution in [2.45, 2.75) is 96.2 Å². The summed E-state index contributed by atoms with van der Waals surface area (Å²) in [7, 11) is 1.35. The number of carbonyl (C=O) groups is 3. The normalized spacial score (nSPS) is 22.8. The first-order chi connectivity index (χ1) is 25.8. The van der Waals surface area contributed by atoms with E-state index in [-0.39, 0.29) is 13.0 Å². The second-order valence-electron chi connectivity index (χ2n) is 16.5. The Morgan fingerprint density at radius 3 is 2.38 bits per heavy atom. The first kappa shape index (κ1) is 39.8. The SMILES string of the molecule is C=C[C@@H]1C[C@@]1(C(=O)NS(=O)(=O)C1CC1)N(C(=O)C(Nc1cc(C)cc(C)n1)C(C)(C)C)C(=O)N1C[C@H](Oc2nc(N(C)C)cc3cc(OC)ccc23)CC1C. The van der Waals surface area contributed by atoms with E-state index in [0.717, 1.165) is 26.9 Å². The fraction of sp³-hybridized carbons (Fsp3) is 0.525. The average Bonchev–Trinajstić information content (AvgIpc) is 4.03. The summed E-state index contributed by atoms with van der Waals surface area (Å²) in [6, 6.07) is 9.07. The minimum Gasteiger partial charge on any atom is -0.497 e. The number of sulfonamides is 1. The Kier molecular flexibility index (Phi) is 10.6. The second kappa shape index (κ2) is 14.6. The molecule has 5 atom stereocenters. The van der Waals surface area contributed by atoms with Crippen LogP contribution in [-0.4, -0.2) is 103 Å². The van der Waals surface area contributed by atoms with Gasteiger partial charge < -0.3 is 24.6 Å². The Morgan fingerprint density at radius 2 is 1.80 bits per heavy atom. The number of anilines is 2. The lowest BCUT2D eigenvalue weighted by Crippen LogP contribution is -2.64. The van der Waals surface area contributed by atoms with Crippen molar-refractivity contribution in [1.29, 1.82) is 0 Å². The zero-order valence-electron chi connectivity index (χ0n) is 33.2. The van der Waals surface area contributed by atoms with E-state index in [9.17, 15) is 13.2 Å². The van der Waals surface area contributed by atoms with Crippen LogP contribution in [0.5, 0.6) is 11.6 Å². The molecule has 2 N–H and O–H groups in total. The minimum absolute atomic E-state index is 0.0253. The number of urea groups is 1. The lowest BCUT2D eigenvalue weighted by Gasteiger charge is -2.40. The Labute approximate surface area is 323 Å². The predicted molar refractivity (Wildman–Crippen MR) is 212 cm³/mol. The largest absolute Gasteiger partial charge is 0.497 e. The highest BCUT2D eigenvalue weighted by molar-refractivity contribution is 7.91. The third kappa shape index (κ3) is 7.94. The van der Waals surface area contributed by atoms with Gasteiger partial charge in [-0.15, -0.1) is 6.58 Å². The molecule has 6 rings (SSSR count). The number of nitrogens with one attached hydrogen (secondary N) is 2. The summed E-state index contributed by atoms with van der Waals surface area (Å²) in [5.74, 6) is -0.110. The summed E-state index contributed by atoms with van der Waals surface area (Å²) in [4.78, 5) is 58.4. The van der Waals surface area contributed by atoms with Crippen molar-refractivity contribution in [3.05, 3.63) is 60.3 Å². The van der Waals surface area contributed by atoms with Crippen molar-refractivity contribution in [2.24, 2.45) is 11.3 Å². The molecule has 15 heteroatoms. The van der Waals surface area contributed by atoms with E-state index in [1.807, 2.05) is 96.9 Å². The van der Waals surface area contributed by atoms with Crippen molar-refractivity contribution in [2.75, 3.05) is 38.0 Å². The first-order valence-electron chi connectivity index (χ1n) is 18.7. The van der Waals surface area contributed by atoms with E-state index in [1.54, 1.807) is 7.11 Å². The van der Waals surface area contributed by atoms with Crippen LogP contribution in [0.1, 0.15) is 64.6 Å². The smallest absolute Gasteiger partial charge is 0.328 e.